The molecule has 0 atom stereocenters. The number of hydrogen-bond donors (Lipinski definition) is 1. The third-order valence-corrected chi connectivity index (χ3v) is 4.29. The summed E-state index contributed by atoms with van der Waals surface area (Å²) in [6, 6.07) is 0.601. The molecule has 1 heterocycles. The zero-order chi connectivity index (χ0) is 13.8. The van der Waals surface area contributed by atoms with Gasteiger partial charge in [-0.3, -0.25) is 0 Å². The third kappa shape index (κ3) is 3.81. The normalized spacial score (nSPS) is 16.2. The van der Waals surface area contributed by atoms with Crippen LogP contribution < -0.4 is 10.6 Å². The molecule has 5 heteroatoms. The van der Waals surface area contributed by atoms with Crippen molar-refractivity contribution in [3.8, 4) is 0 Å². The first kappa shape index (κ1) is 14.6. The van der Waals surface area contributed by atoms with Gasteiger partial charge in [0.05, 0.1) is 4.47 Å². The number of anilines is 2. The first-order valence-corrected chi connectivity index (χ1v) is 7.92. The van der Waals surface area contributed by atoms with Crippen LogP contribution in [0.3, 0.4) is 0 Å². The molecule has 0 unspecified atom stereocenters. The molecule has 2 N–H and O–H groups in total. The summed E-state index contributed by atoms with van der Waals surface area (Å²) < 4.78 is 0.942. The molecule has 0 aromatic carbocycles. The van der Waals surface area contributed by atoms with Crippen LogP contribution in [0.25, 0.3) is 0 Å². The minimum Gasteiger partial charge on any atom is -0.368 e. The molecule has 1 aromatic heterocycles. The second kappa shape index (κ2) is 6.55. The summed E-state index contributed by atoms with van der Waals surface area (Å²) in [4.78, 5) is 10.9. The van der Waals surface area contributed by atoms with Crippen molar-refractivity contribution in [3.63, 3.8) is 0 Å². The Morgan fingerprint density at radius 1 is 1.42 bits per heavy atom. The van der Waals surface area contributed by atoms with E-state index in [0.717, 1.165) is 16.8 Å². The van der Waals surface area contributed by atoms with Crippen LogP contribution in [0.1, 0.15) is 46.0 Å². The van der Waals surface area contributed by atoms with Gasteiger partial charge in [0.25, 0.3) is 0 Å². The van der Waals surface area contributed by atoms with Gasteiger partial charge < -0.3 is 10.6 Å². The van der Waals surface area contributed by atoms with E-state index in [0.29, 0.717) is 17.9 Å². The van der Waals surface area contributed by atoms with E-state index in [4.69, 9.17) is 5.73 Å². The van der Waals surface area contributed by atoms with Gasteiger partial charge in [0.1, 0.15) is 5.82 Å². The molecule has 19 heavy (non-hydrogen) atoms. The van der Waals surface area contributed by atoms with Gasteiger partial charge in [0.15, 0.2) is 0 Å². The SMILES string of the molecule is CC(C)CCN(c1nc(N)ncc1Br)C1CCCC1. The number of hydrogen-bond acceptors (Lipinski definition) is 4. The summed E-state index contributed by atoms with van der Waals surface area (Å²) in [6.07, 6.45) is 8.09. The molecule has 0 amide bonds. The van der Waals surface area contributed by atoms with E-state index in [1.54, 1.807) is 6.20 Å². The summed E-state index contributed by atoms with van der Waals surface area (Å²) >= 11 is 3.56. The maximum atomic E-state index is 5.75. The Morgan fingerprint density at radius 3 is 2.74 bits per heavy atom. The molecule has 1 fully saturated rings. The quantitative estimate of drug-likeness (QED) is 0.897. The molecule has 1 aromatic rings. The lowest BCUT2D eigenvalue weighted by Crippen LogP contribution is -2.36. The van der Waals surface area contributed by atoms with Crippen molar-refractivity contribution >= 4 is 27.7 Å². The van der Waals surface area contributed by atoms with Crippen LogP contribution in [-0.4, -0.2) is 22.6 Å². The predicted molar refractivity (Wildman–Crippen MR) is 83.2 cm³/mol. The minimum atomic E-state index is 0.353. The van der Waals surface area contributed by atoms with Gasteiger partial charge in [-0.05, 0) is 41.1 Å². The maximum Gasteiger partial charge on any atom is 0.222 e. The van der Waals surface area contributed by atoms with Crippen LogP contribution in [0, 0.1) is 5.92 Å². The molecule has 1 saturated carbocycles. The first-order chi connectivity index (χ1) is 9.08. The average molecular weight is 327 g/mol. The Morgan fingerprint density at radius 2 is 2.11 bits per heavy atom. The number of nitrogens with zero attached hydrogens (tertiary/aromatic N) is 3. The zero-order valence-corrected chi connectivity index (χ0v) is 13.4. The predicted octanol–water partition coefficient (Wildman–Crippen LogP) is 3.62. The van der Waals surface area contributed by atoms with E-state index in [-0.39, 0.29) is 0 Å². The van der Waals surface area contributed by atoms with Gasteiger partial charge in [-0.2, -0.15) is 4.98 Å². The average Bonchev–Trinajstić information content (AvgIpc) is 2.87. The van der Waals surface area contributed by atoms with Gasteiger partial charge in [-0.1, -0.05) is 26.7 Å². The second-order valence-electron chi connectivity index (χ2n) is 5.71. The Hall–Kier alpha value is -0.840. The van der Waals surface area contributed by atoms with E-state index in [1.165, 1.54) is 32.1 Å². The second-order valence-corrected chi connectivity index (χ2v) is 6.57. The minimum absolute atomic E-state index is 0.353. The molecule has 1 aliphatic carbocycles. The summed E-state index contributed by atoms with van der Waals surface area (Å²) in [6.45, 7) is 5.56. The van der Waals surface area contributed by atoms with E-state index < -0.39 is 0 Å². The Bertz CT molecular complexity index is 416. The topological polar surface area (TPSA) is 55.0 Å². The lowest BCUT2D eigenvalue weighted by molar-refractivity contribution is 0.524. The van der Waals surface area contributed by atoms with Crippen LogP contribution in [0.2, 0.25) is 0 Å². The van der Waals surface area contributed by atoms with Crippen molar-refractivity contribution in [1.29, 1.82) is 0 Å². The van der Waals surface area contributed by atoms with Gasteiger partial charge in [-0.15, -0.1) is 0 Å². The van der Waals surface area contributed by atoms with Gasteiger partial charge in [0, 0.05) is 18.8 Å². The first-order valence-electron chi connectivity index (χ1n) is 7.12. The van der Waals surface area contributed by atoms with Crippen molar-refractivity contribution in [1.82, 2.24) is 9.97 Å². The van der Waals surface area contributed by atoms with Crippen molar-refractivity contribution < 1.29 is 0 Å². The van der Waals surface area contributed by atoms with Crippen molar-refractivity contribution in [2.24, 2.45) is 5.92 Å². The number of halogens is 1. The Balaban J connectivity index is 2.21. The van der Waals surface area contributed by atoms with E-state index in [9.17, 15) is 0 Å². The maximum absolute atomic E-state index is 5.75. The molecule has 0 aliphatic heterocycles. The molecule has 0 bridgehead atoms. The molecule has 4 nitrogen and oxygen atoms in total. The highest BCUT2D eigenvalue weighted by atomic mass is 79.9. The van der Waals surface area contributed by atoms with E-state index in [2.05, 4.69) is 44.6 Å². The van der Waals surface area contributed by atoms with Gasteiger partial charge >= 0.3 is 0 Å². The number of rotatable bonds is 5. The van der Waals surface area contributed by atoms with Gasteiger partial charge in [-0.25, -0.2) is 4.98 Å². The van der Waals surface area contributed by atoms with Crippen LogP contribution in [0.4, 0.5) is 11.8 Å². The van der Waals surface area contributed by atoms with Crippen molar-refractivity contribution in [2.45, 2.75) is 52.0 Å². The van der Waals surface area contributed by atoms with Crippen molar-refractivity contribution in [3.05, 3.63) is 10.7 Å². The fourth-order valence-corrected chi connectivity index (χ4v) is 3.07. The van der Waals surface area contributed by atoms with Crippen LogP contribution in [0.15, 0.2) is 10.7 Å². The summed E-state index contributed by atoms with van der Waals surface area (Å²) in [5.41, 5.74) is 5.75. The lowest BCUT2D eigenvalue weighted by Gasteiger charge is -2.31. The molecule has 2 rings (SSSR count). The molecule has 1 aliphatic rings. The highest BCUT2D eigenvalue weighted by Gasteiger charge is 2.25. The fraction of sp³-hybridized carbons (Fsp3) is 0.714. The number of nitrogens with two attached hydrogens (primary N) is 1. The van der Waals surface area contributed by atoms with Crippen molar-refractivity contribution in [2.75, 3.05) is 17.2 Å². The summed E-state index contributed by atoms with van der Waals surface area (Å²) in [5, 5.41) is 0. The standard InChI is InChI=1S/C14H23BrN4/c1-10(2)7-8-19(11-5-3-4-6-11)13-12(15)9-17-14(16)18-13/h9-11H,3-8H2,1-2H3,(H2,16,17,18). The number of nitrogen functional groups attached to an aromatic ring is 1. The third-order valence-electron chi connectivity index (χ3n) is 3.73. The molecular weight excluding hydrogens is 304 g/mol. The van der Waals surface area contributed by atoms with Crippen LogP contribution in [-0.2, 0) is 0 Å². The molecule has 0 saturated heterocycles. The lowest BCUT2D eigenvalue weighted by atomic mass is 10.1. The summed E-state index contributed by atoms with van der Waals surface area (Å²) in [7, 11) is 0. The van der Waals surface area contributed by atoms with E-state index >= 15 is 0 Å². The molecule has 106 valence electrons. The van der Waals surface area contributed by atoms with E-state index in [1.807, 2.05) is 0 Å². The smallest absolute Gasteiger partial charge is 0.222 e. The highest BCUT2D eigenvalue weighted by molar-refractivity contribution is 9.10. The molecule has 0 radical (unpaired) electrons. The van der Waals surface area contributed by atoms with Gasteiger partial charge in [0.2, 0.25) is 5.95 Å². The van der Waals surface area contributed by atoms with Crippen LogP contribution in [0.5, 0.6) is 0 Å². The fourth-order valence-electron chi connectivity index (χ4n) is 2.65. The van der Waals surface area contributed by atoms with Crippen LogP contribution >= 0.6 is 15.9 Å². The summed E-state index contributed by atoms with van der Waals surface area (Å²) in [5.74, 6) is 2.01. The Kier molecular flexibility index (Phi) is 5.02. The highest BCUT2D eigenvalue weighted by Crippen LogP contribution is 2.32. The monoisotopic (exact) mass is 326 g/mol. The number of aromatic nitrogens is 2. The largest absolute Gasteiger partial charge is 0.368 e. The molecule has 0 spiro atoms. The molecular formula is C14H23BrN4. The Labute approximate surface area is 123 Å². The zero-order valence-electron chi connectivity index (χ0n) is 11.8.